The first-order valence-electron chi connectivity index (χ1n) is 7.45. The van der Waals surface area contributed by atoms with Gasteiger partial charge >= 0.3 is 0 Å². The van der Waals surface area contributed by atoms with Crippen LogP contribution in [0.1, 0.15) is 22.7 Å². The van der Waals surface area contributed by atoms with Gasteiger partial charge in [-0.15, -0.1) is 0 Å². The van der Waals surface area contributed by atoms with Crippen LogP contribution in [-0.2, 0) is 11.3 Å². The Balaban J connectivity index is 1.65. The largest absolute Gasteiger partial charge is 0.352 e. The van der Waals surface area contributed by atoms with Crippen LogP contribution >= 0.6 is 0 Å². The molecule has 0 radical (unpaired) electrons. The molecular formula is C17H20N4O. The highest BCUT2D eigenvalue weighted by atomic mass is 16.2. The smallest absolute Gasteiger partial charge is 0.226 e. The van der Waals surface area contributed by atoms with Crippen molar-refractivity contribution in [3.05, 3.63) is 65.5 Å². The Bertz CT molecular complexity index is 627. The first-order chi connectivity index (χ1) is 10.7. The van der Waals surface area contributed by atoms with Gasteiger partial charge in [-0.2, -0.15) is 0 Å². The molecule has 22 heavy (non-hydrogen) atoms. The lowest BCUT2D eigenvalue weighted by atomic mass is 9.93. The summed E-state index contributed by atoms with van der Waals surface area (Å²) in [4.78, 5) is 16.5. The van der Waals surface area contributed by atoms with E-state index in [1.165, 1.54) is 5.56 Å². The van der Waals surface area contributed by atoms with Gasteiger partial charge < -0.3 is 5.32 Å². The fourth-order valence-corrected chi connectivity index (χ4v) is 2.65. The highest BCUT2D eigenvalue weighted by Crippen LogP contribution is 2.25. The number of nitrogens with zero attached hydrogens (tertiary/aromatic N) is 1. The molecular weight excluding hydrogens is 276 g/mol. The van der Waals surface area contributed by atoms with E-state index in [-0.39, 0.29) is 17.9 Å². The molecule has 2 heterocycles. The van der Waals surface area contributed by atoms with Crippen LogP contribution < -0.4 is 16.2 Å². The number of benzene rings is 1. The molecule has 0 bridgehead atoms. The van der Waals surface area contributed by atoms with Gasteiger partial charge in [0.05, 0.1) is 12.0 Å². The van der Waals surface area contributed by atoms with Crippen molar-refractivity contribution >= 4 is 5.91 Å². The summed E-state index contributed by atoms with van der Waals surface area (Å²) in [6.07, 6.45) is 3.49. The summed E-state index contributed by atoms with van der Waals surface area (Å²) < 4.78 is 0. The van der Waals surface area contributed by atoms with E-state index in [4.69, 9.17) is 0 Å². The Morgan fingerprint density at radius 2 is 2.14 bits per heavy atom. The zero-order chi connectivity index (χ0) is 15.4. The average Bonchev–Trinajstić information content (AvgIpc) is 3.04. The third-order valence-electron chi connectivity index (χ3n) is 3.94. The lowest BCUT2D eigenvalue weighted by molar-refractivity contribution is -0.125. The van der Waals surface area contributed by atoms with E-state index >= 15 is 0 Å². The van der Waals surface area contributed by atoms with Crippen LogP contribution in [0.5, 0.6) is 0 Å². The molecule has 3 rings (SSSR count). The van der Waals surface area contributed by atoms with Crippen LogP contribution in [0.3, 0.4) is 0 Å². The summed E-state index contributed by atoms with van der Waals surface area (Å²) in [7, 11) is 0. The molecule has 1 amide bonds. The number of pyridine rings is 1. The minimum atomic E-state index is -0.126. The van der Waals surface area contributed by atoms with E-state index in [9.17, 15) is 4.79 Å². The molecule has 5 heteroatoms. The zero-order valence-corrected chi connectivity index (χ0v) is 12.5. The average molecular weight is 296 g/mol. The molecule has 0 spiro atoms. The summed E-state index contributed by atoms with van der Waals surface area (Å²) in [5.74, 6) is -0.0775. The van der Waals surface area contributed by atoms with Crippen LogP contribution in [0, 0.1) is 12.8 Å². The van der Waals surface area contributed by atoms with Crippen molar-refractivity contribution in [2.24, 2.45) is 5.92 Å². The van der Waals surface area contributed by atoms with Gasteiger partial charge in [0.1, 0.15) is 0 Å². The Morgan fingerprint density at radius 1 is 1.32 bits per heavy atom. The molecule has 114 valence electrons. The number of hydrazine groups is 1. The van der Waals surface area contributed by atoms with Gasteiger partial charge in [-0.3, -0.25) is 15.2 Å². The molecule has 1 aliphatic rings. The molecule has 1 aromatic carbocycles. The van der Waals surface area contributed by atoms with Gasteiger partial charge in [-0.05, 0) is 24.1 Å². The Labute approximate surface area is 130 Å². The molecule has 1 saturated heterocycles. The second-order valence-electron chi connectivity index (χ2n) is 5.60. The summed E-state index contributed by atoms with van der Waals surface area (Å²) in [5, 5.41) is 2.99. The molecule has 2 unspecified atom stereocenters. The van der Waals surface area contributed by atoms with Gasteiger partial charge in [-0.25, -0.2) is 5.43 Å². The standard InChI is InChI=1S/C17H20N4O/c1-12-4-6-14(7-5-12)16-15(11-20-21-16)17(22)19-10-13-3-2-8-18-9-13/h2-9,15-16,20-21H,10-11H2,1H3,(H,19,22). The van der Waals surface area contributed by atoms with E-state index in [0.29, 0.717) is 13.1 Å². The van der Waals surface area contributed by atoms with Gasteiger partial charge in [0.15, 0.2) is 0 Å². The highest BCUT2D eigenvalue weighted by molar-refractivity contribution is 5.80. The van der Waals surface area contributed by atoms with Gasteiger partial charge in [-0.1, -0.05) is 35.9 Å². The normalized spacial score (nSPS) is 20.8. The number of amides is 1. The van der Waals surface area contributed by atoms with Crippen molar-refractivity contribution in [1.29, 1.82) is 0 Å². The molecule has 2 atom stereocenters. The Hall–Kier alpha value is -2.24. The van der Waals surface area contributed by atoms with Crippen molar-refractivity contribution in [2.75, 3.05) is 6.54 Å². The van der Waals surface area contributed by atoms with Gasteiger partial charge in [0, 0.05) is 25.5 Å². The predicted molar refractivity (Wildman–Crippen MR) is 84.6 cm³/mol. The van der Waals surface area contributed by atoms with E-state index < -0.39 is 0 Å². The maximum Gasteiger partial charge on any atom is 0.226 e. The van der Waals surface area contributed by atoms with E-state index in [1.807, 2.05) is 12.1 Å². The van der Waals surface area contributed by atoms with Crippen molar-refractivity contribution in [2.45, 2.75) is 19.5 Å². The minimum absolute atomic E-state index is 0.00509. The van der Waals surface area contributed by atoms with E-state index in [1.54, 1.807) is 12.4 Å². The molecule has 5 nitrogen and oxygen atoms in total. The number of carbonyl (C=O) groups is 1. The maximum atomic E-state index is 12.5. The van der Waals surface area contributed by atoms with E-state index in [2.05, 4.69) is 52.3 Å². The first-order valence-corrected chi connectivity index (χ1v) is 7.45. The fourth-order valence-electron chi connectivity index (χ4n) is 2.65. The third-order valence-corrected chi connectivity index (χ3v) is 3.94. The SMILES string of the molecule is Cc1ccc(C2NNCC2C(=O)NCc2cccnc2)cc1. The Kier molecular flexibility index (Phi) is 4.46. The first kappa shape index (κ1) is 14.7. The number of rotatable bonds is 4. The van der Waals surface area contributed by atoms with Crippen molar-refractivity contribution in [3.8, 4) is 0 Å². The molecule has 1 aromatic heterocycles. The monoisotopic (exact) mass is 296 g/mol. The topological polar surface area (TPSA) is 66.0 Å². The number of carbonyl (C=O) groups excluding carboxylic acids is 1. The number of nitrogens with one attached hydrogen (secondary N) is 3. The van der Waals surface area contributed by atoms with Crippen LogP contribution in [0.2, 0.25) is 0 Å². The summed E-state index contributed by atoms with van der Waals surface area (Å²) in [6, 6.07) is 12.1. The van der Waals surface area contributed by atoms with Crippen LogP contribution in [-0.4, -0.2) is 17.4 Å². The van der Waals surface area contributed by atoms with Crippen molar-refractivity contribution in [3.63, 3.8) is 0 Å². The Morgan fingerprint density at radius 3 is 2.86 bits per heavy atom. The second-order valence-corrected chi connectivity index (χ2v) is 5.60. The van der Waals surface area contributed by atoms with E-state index in [0.717, 1.165) is 11.1 Å². The lowest BCUT2D eigenvalue weighted by Gasteiger charge is -2.18. The zero-order valence-electron chi connectivity index (χ0n) is 12.5. The van der Waals surface area contributed by atoms with Gasteiger partial charge in [0.2, 0.25) is 5.91 Å². The second kappa shape index (κ2) is 6.68. The van der Waals surface area contributed by atoms with Crippen LogP contribution in [0.25, 0.3) is 0 Å². The summed E-state index contributed by atoms with van der Waals surface area (Å²) in [6.45, 7) is 3.18. The van der Waals surface area contributed by atoms with Crippen LogP contribution in [0.15, 0.2) is 48.8 Å². The third kappa shape index (κ3) is 3.32. The fraction of sp³-hybridized carbons (Fsp3) is 0.294. The van der Waals surface area contributed by atoms with Gasteiger partial charge in [0.25, 0.3) is 0 Å². The molecule has 1 aliphatic heterocycles. The molecule has 0 saturated carbocycles. The number of hydrogen-bond donors (Lipinski definition) is 3. The molecule has 3 N–H and O–H groups in total. The van der Waals surface area contributed by atoms with Crippen molar-refractivity contribution in [1.82, 2.24) is 21.2 Å². The molecule has 1 fully saturated rings. The number of hydrogen-bond acceptors (Lipinski definition) is 4. The maximum absolute atomic E-state index is 12.5. The molecule has 0 aliphatic carbocycles. The summed E-state index contributed by atoms with van der Waals surface area (Å²) >= 11 is 0. The number of aromatic nitrogens is 1. The van der Waals surface area contributed by atoms with Crippen LogP contribution in [0.4, 0.5) is 0 Å². The quantitative estimate of drug-likeness (QED) is 0.799. The summed E-state index contributed by atoms with van der Waals surface area (Å²) in [5.41, 5.74) is 9.63. The highest BCUT2D eigenvalue weighted by Gasteiger charge is 2.33. The number of aryl methyl sites for hydroxylation is 1. The molecule has 2 aromatic rings. The minimum Gasteiger partial charge on any atom is -0.352 e. The predicted octanol–water partition coefficient (Wildman–Crippen LogP) is 1.47. The van der Waals surface area contributed by atoms with Crippen molar-refractivity contribution < 1.29 is 4.79 Å². The lowest BCUT2D eigenvalue weighted by Crippen LogP contribution is -2.34.